The van der Waals surface area contributed by atoms with Gasteiger partial charge in [0.1, 0.15) is 0 Å². The van der Waals surface area contributed by atoms with Crippen LogP contribution in [0.3, 0.4) is 0 Å². The molecule has 0 amide bonds. The number of nitrogens with zero attached hydrogens (tertiary/aromatic N) is 3. The van der Waals surface area contributed by atoms with E-state index in [0.717, 1.165) is 20.9 Å². The highest BCUT2D eigenvalue weighted by atomic mass is 32.2. The van der Waals surface area contributed by atoms with Gasteiger partial charge in [-0.1, -0.05) is 35.2 Å². The fraction of sp³-hybridized carbons (Fsp3) is 0.188. The summed E-state index contributed by atoms with van der Waals surface area (Å²) >= 11 is 3.24. The number of pyridine rings is 1. The second-order valence-corrected chi connectivity index (χ2v) is 7.15. The van der Waals surface area contributed by atoms with Gasteiger partial charge in [-0.05, 0) is 48.7 Å². The van der Waals surface area contributed by atoms with Gasteiger partial charge in [0.05, 0.1) is 0 Å². The Kier molecular flexibility index (Phi) is 4.70. The van der Waals surface area contributed by atoms with Crippen LogP contribution in [-0.2, 0) is 5.75 Å². The number of hydrogen-bond acceptors (Lipinski definition) is 6. The van der Waals surface area contributed by atoms with Crippen LogP contribution in [0.1, 0.15) is 16.7 Å². The quantitative estimate of drug-likeness (QED) is 0.694. The lowest BCUT2D eigenvalue weighted by atomic mass is 10.1. The molecular weight excluding hydrogens is 312 g/mol. The Morgan fingerprint density at radius 2 is 2.05 bits per heavy atom. The molecule has 0 radical (unpaired) electrons. The maximum atomic E-state index is 4.22. The highest BCUT2D eigenvalue weighted by Gasteiger charge is 2.06. The van der Waals surface area contributed by atoms with Gasteiger partial charge in [-0.2, -0.15) is 0 Å². The number of anilines is 2. The Hall–Kier alpha value is -1.92. The molecule has 0 spiro atoms. The molecule has 22 heavy (non-hydrogen) atoms. The first kappa shape index (κ1) is 15.0. The molecule has 1 aromatic carbocycles. The molecule has 1 N–H and O–H groups in total. The molecule has 2 aromatic heterocycles. The summed E-state index contributed by atoms with van der Waals surface area (Å²) in [5, 5.41) is 12.5. The number of aromatic nitrogens is 3. The second-order valence-electron chi connectivity index (χ2n) is 4.95. The van der Waals surface area contributed by atoms with E-state index in [1.54, 1.807) is 29.3 Å². The monoisotopic (exact) mass is 328 g/mol. The third-order valence-corrected chi connectivity index (χ3v) is 5.29. The number of benzene rings is 1. The predicted octanol–water partition coefficient (Wildman–Crippen LogP) is 4.59. The van der Waals surface area contributed by atoms with E-state index < -0.39 is 0 Å². The first-order valence-corrected chi connectivity index (χ1v) is 8.70. The van der Waals surface area contributed by atoms with Crippen molar-refractivity contribution in [1.82, 2.24) is 15.2 Å². The molecule has 2 heterocycles. The summed E-state index contributed by atoms with van der Waals surface area (Å²) < 4.78 is 0.954. The minimum atomic E-state index is 0.817. The van der Waals surface area contributed by atoms with Crippen molar-refractivity contribution in [2.24, 2.45) is 0 Å². The molecule has 112 valence electrons. The first-order chi connectivity index (χ1) is 10.7. The van der Waals surface area contributed by atoms with Crippen LogP contribution in [0.5, 0.6) is 0 Å². The van der Waals surface area contributed by atoms with Gasteiger partial charge in [0.25, 0.3) is 0 Å². The zero-order valence-electron chi connectivity index (χ0n) is 12.4. The molecule has 0 atom stereocenters. The van der Waals surface area contributed by atoms with Crippen molar-refractivity contribution in [2.45, 2.75) is 23.9 Å². The standard InChI is InChI=1S/C16H16N4S2/c1-11-5-6-14(8-12(11)2)18-15-19-20-16(22-15)21-10-13-4-3-7-17-9-13/h3-9H,10H2,1-2H3,(H,18,19). The van der Waals surface area contributed by atoms with Gasteiger partial charge >= 0.3 is 0 Å². The van der Waals surface area contributed by atoms with Gasteiger partial charge in [0.2, 0.25) is 5.13 Å². The van der Waals surface area contributed by atoms with Crippen LogP contribution in [0.2, 0.25) is 0 Å². The van der Waals surface area contributed by atoms with Gasteiger partial charge < -0.3 is 5.32 Å². The summed E-state index contributed by atoms with van der Waals surface area (Å²) in [5.41, 5.74) is 4.78. The number of rotatable bonds is 5. The van der Waals surface area contributed by atoms with E-state index in [9.17, 15) is 0 Å². The fourth-order valence-corrected chi connectivity index (χ4v) is 3.60. The van der Waals surface area contributed by atoms with Crippen molar-refractivity contribution >= 4 is 33.9 Å². The zero-order chi connectivity index (χ0) is 15.4. The molecule has 4 nitrogen and oxygen atoms in total. The SMILES string of the molecule is Cc1ccc(Nc2nnc(SCc3cccnc3)s2)cc1C. The lowest BCUT2D eigenvalue weighted by Crippen LogP contribution is -1.91. The summed E-state index contributed by atoms with van der Waals surface area (Å²) in [4.78, 5) is 4.12. The van der Waals surface area contributed by atoms with Crippen molar-refractivity contribution in [3.63, 3.8) is 0 Å². The molecule has 3 rings (SSSR count). The first-order valence-electron chi connectivity index (χ1n) is 6.90. The molecule has 0 saturated carbocycles. The average molecular weight is 328 g/mol. The Balaban J connectivity index is 1.62. The third-order valence-electron chi connectivity index (χ3n) is 3.25. The molecule has 0 aliphatic rings. The smallest absolute Gasteiger partial charge is 0.210 e. The van der Waals surface area contributed by atoms with E-state index in [2.05, 4.69) is 58.6 Å². The maximum absolute atomic E-state index is 4.22. The van der Waals surface area contributed by atoms with Crippen LogP contribution in [0, 0.1) is 13.8 Å². The summed E-state index contributed by atoms with van der Waals surface area (Å²) in [6, 6.07) is 10.3. The number of hydrogen-bond donors (Lipinski definition) is 1. The number of thioether (sulfide) groups is 1. The van der Waals surface area contributed by atoms with Crippen LogP contribution >= 0.6 is 23.1 Å². The molecular formula is C16H16N4S2. The number of nitrogens with one attached hydrogen (secondary N) is 1. The van der Waals surface area contributed by atoms with Crippen molar-refractivity contribution < 1.29 is 0 Å². The highest BCUT2D eigenvalue weighted by molar-refractivity contribution is 8.00. The van der Waals surface area contributed by atoms with Crippen molar-refractivity contribution in [2.75, 3.05) is 5.32 Å². The third kappa shape index (κ3) is 3.84. The van der Waals surface area contributed by atoms with Crippen molar-refractivity contribution in [3.8, 4) is 0 Å². The van der Waals surface area contributed by atoms with Crippen LogP contribution in [-0.4, -0.2) is 15.2 Å². The van der Waals surface area contributed by atoms with E-state index in [1.807, 2.05) is 12.3 Å². The van der Waals surface area contributed by atoms with Gasteiger partial charge in [0, 0.05) is 23.8 Å². The largest absolute Gasteiger partial charge is 0.330 e. The van der Waals surface area contributed by atoms with Gasteiger partial charge in [-0.3, -0.25) is 4.98 Å². The summed E-state index contributed by atoms with van der Waals surface area (Å²) in [5.74, 6) is 0.853. The van der Waals surface area contributed by atoms with Crippen LogP contribution in [0.15, 0.2) is 47.1 Å². The summed E-state index contributed by atoms with van der Waals surface area (Å²) in [6.07, 6.45) is 3.66. The van der Waals surface area contributed by atoms with Gasteiger partial charge in [-0.15, -0.1) is 10.2 Å². The van der Waals surface area contributed by atoms with Gasteiger partial charge in [0.15, 0.2) is 4.34 Å². The minimum absolute atomic E-state index is 0.817. The van der Waals surface area contributed by atoms with E-state index in [-0.39, 0.29) is 0 Å². The Morgan fingerprint density at radius 3 is 2.82 bits per heavy atom. The molecule has 0 fully saturated rings. The van der Waals surface area contributed by atoms with Crippen LogP contribution in [0.25, 0.3) is 0 Å². The maximum Gasteiger partial charge on any atom is 0.210 e. The molecule has 3 aromatic rings. The normalized spacial score (nSPS) is 10.6. The van der Waals surface area contributed by atoms with Crippen molar-refractivity contribution in [1.29, 1.82) is 0 Å². The molecule has 0 aliphatic carbocycles. The van der Waals surface area contributed by atoms with Crippen LogP contribution in [0.4, 0.5) is 10.8 Å². The van der Waals surface area contributed by atoms with E-state index in [4.69, 9.17) is 0 Å². The van der Waals surface area contributed by atoms with E-state index in [1.165, 1.54) is 16.7 Å². The lowest BCUT2D eigenvalue weighted by Gasteiger charge is -2.05. The van der Waals surface area contributed by atoms with Crippen LogP contribution < -0.4 is 5.32 Å². The second kappa shape index (κ2) is 6.89. The number of aryl methyl sites for hydroxylation is 2. The molecule has 0 unspecified atom stereocenters. The molecule has 0 aliphatic heterocycles. The van der Waals surface area contributed by atoms with E-state index in [0.29, 0.717) is 0 Å². The summed E-state index contributed by atoms with van der Waals surface area (Å²) in [6.45, 7) is 4.22. The zero-order valence-corrected chi connectivity index (χ0v) is 14.0. The fourth-order valence-electron chi connectivity index (χ4n) is 1.89. The predicted molar refractivity (Wildman–Crippen MR) is 92.9 cm³/mol. The van der Waals surface area contributed by atoms with Gasteiger partial charge in [-0.25, -0.2) is 0 Å². The van der Waals surface area contributed by atoms with Crippen molar-refractivity contribution in [3.05, 3.63) is 59.4 Å². The Bertz CT molecular complexity index is 756. The molecule has 0 bridgehead atoms. The van der Waals surface area contributed by atoms with E-state index >= 15 is 0 Å². The topological polar surface area (TPSA) is 50.7 Å². The minimum Gasteiger partial charge on any atom is -0.330 e. The lowest BCUT2D eigenvalue weighted by molar-refractivity contribution is 1.01. The summed E-state index contributed by atoms with van der Waals surface area (Å²) in [7, 11) is 0. The Labute approximate surface area is 138 Å². The molecule has 6 heteroatoms. The highest BCUT2D eigenvalue weighted by Crippen LogP contribution is 2.30. The Morgan fingerprint density at radius 1 is 1.14 bits per heavy atom. The average Bonchev–Trinajstić information content (AvgIpc) is 2.97. The molecule has 0 saturated heterocycles.